The van der Waals surface area contributed by atoms with Crippen LogP contribution in [-0.4, -0.2) is 6.04 Å². The largest absolute Gasteiger partial charge is 0.327 e. The van der Waals surface area contributed by atoms with Gasteiger partial charge in [-0.25, -0.2) is 8.78 Å². The van der Waals surface area contributed by atoms with Crippen molar-refractivity contribution < 1.29 is 8.78 Å². The molecule has 1 nitrogen and oxygen atoms in total. The van der Waals surface area contributed by atoms with E-state index in [1.165, 1.54) is 17.0 Å². The van der Waals surface area contributed by atoms with Crippen LogP contribution in [0.2, 0.25) is 0 Å². The molecular weight excluding hydrogens is 344 g/mol. The van der Waals surface area contributed by atoms with Crippen LogP contribution >= 0.6 is 27.3 Å². The zero-order valence-corrected chi connectivity index (χ0v) is 13.3. The van der Waals surface area contributed by atoms with Crippen LogP contribution in [0.1, 0.15) is 23.3 Å². The molecule has 2 aromatic rings. The highest BCUT2D eigenvalue weighted by molar-refractivity contribution is 9.10. The van der Waals surface area contributed by atoms with Gasteiger partial charge in [-0.2, -0.15) is 0 Å². The van der Waals surface area contributed by atoms with Gasteiger partial charge in [-0.3, -0.25) is 0 Å². The molecular formula is C15H16BrF2NS. The van der Waals surface area contributed by atoms with E-state index >= 15 is 0 Å². The summed E-state index contributed by atoms with van der Waals surface area (Å²) in [7, 11) is 0. The number of hydrogen-bond acceptors (Lipinski definition) is 2. The molecule has 20 heavy (non-hydrogen) atoms. The van der Waals surface area contributed by atoms with Crippen LogP contribution in [0, 0.1) is 11.6 Å². The minimum Gasteiger partial charge on any atom is -0.327 e. The molecule has 0 radical (unpaired) electrons. The van der Waals surface area contributed by atoms with Crippen LogP contribution in [0.4, 0.5) is 8.78 Å². The fourth-order valence-corrected chi connectivity index (χ4v) is 3.24. The molecule has 5 heteroatoms. The van der Waals surface area contributed by atoms with Crippen molar-refractivity contribution in [2.45, 2.75) is 31.7 Å². The van der Waals surface area contributed by atoms with Gasteiger partial charge in [0.2, 0.25) is 0 Å². The molecule has 1 unspecified atom stereocenters. The Labute approximate surface area is 129 Å². The van der Waals surface area contributed by atoms with E-state index in [9.17, 15) is 8.78 Å². The molecule has 108 valence electrons. The van der Waals surface area contributed by atoms with Crippen molar-refractivity contribution in [3.05, 3.63) is 56.2 Å². The number of halogens is 3. The first-order chi connectivity index (χ1) is 9.58. The van der Waals surface area contributed by atoms with E-state index in [1.807, 2.05) is 11.4 Å². The smallest absolute Gasteiger partial charge is 0.143 e. The van der Waals surface area contributed by atoms with Gasteiger partial charge in [-0.15, -0.1) is 11.3 Å². The molecule has 0 saturated heterocycles. The van der Waals surface area contributed by atoms with Crippen LogP contribution in [0.5, 0.6) is 0 Å². The minimum atomic E-state index is -0.543. The Balaban J connectivity index is 1.88. The molecule has 0 saturated carbocycles. The topological polar surface area (TPSA) is 26.0 Å². The molecule has 1 aromatic carbocycles. The third-order valence-corrected chi connectivity index (χ3v) is 4.73. The second kappa shape index (κ2) is 7.29. The Bertz CT molecular complexity index is 557. The maximum atomic E-state index is 13.8. The van der Waals surface area contributed by atoms with Crippen molar-refractivity contribution in [2.24, 2.45) is 5.73 Å². The molecule has 0 aliphatic carbocycles. The Morgan fingerprint density at radius 1 is 1.25 bits per heavy atom. The van der Waals surface area contributed by atoms with Crippen molar-refractivity contribution in [3.8, 4) is 0 Å². The number of aryl methyl sites for hydroxylation is 1. The summed E-state index contributed by atoms with van der Waals surface area (Å²) in [6.07, 6.45) is 2.87. The Kier molecular flexibility index (Phi) is 5.69. The normalized spacial score (nSPS) is 12.6. The highest BCUT2D eigenvalue weighted by Gasteiger charge is 2.15. The minimum absolute atomic E-state index is 0.0722. The molecule has 0 fully saturated rings. The number of hydrogen-bond donors (Lipinski definition) is 1. The fraction of sp³-hybridized carbons (Fsp3) is 0.333. The third-order valence-electron chi connectivity index (χ3n) is 3.18. The summed E-state index contributed by atoms with van der Waals surface area (Å²) >= 11 is 4.79. The number of nitrogens with two attached hydrogens (primary N) is 1. The average Bonchev–Trinajstić information content (AvgIpc) is 2.92. The van der Waals surface area contributed by atoms with Crippen LogP contribution in [0.15, 0.2) is 34.1 Å². The van der Waals surface area contributed by atoms with E-state index in [0.717, 1.165) is 19.3 Å². The van der Waals surface area contributed by atoms with Gasteiger partial charge >= 0.3 is 0 Å². The first kappa shape index (κ1) is 15.6. The van der Waals surface area contributed by atoms with E-state index < -0.39 is 11.6 Å². The average molecular weight is 360 g/mol. The summed E-state index contributed by atoms with van der Waals surface area (Å²) in [4.78, 5) is 1.32. The number of benzene rings is 1. The summed E-state index contributed by atoms with van der Waals surface area (Å²) < 4.78 is 27.7. The quantitative estimate of drug-likeness (QED) is 0.744. The highest BCUT2D eigenvalue weighted by atomic mass is 79.9. The van der Waals surface area contributed by atoms with Gasteiger partial charge in [0.05, 0.1) is 4.47 Å². The van der Waals surface area contributed by atoms with Gasteiger partial charge in [0.15, 0.2) is 0 Å². The van der Waals surface area contributed by atoms with Crippen molar-refractivity contribution >= 4 is 27.3 Å². The van der Waals surface area contributed by atoms with Crippen LogP contribution < -0.4 is 5.73 Å². The molecule has 0 bridgehead atoms. The lowest BCUT2D eigenvalue weighted by Crippen LogP contribution is -2.24. The van der Waals surface area contributed by atoms with Crippen molar-refractivity contribution in [2.75, 3.05) is 0 Å². The fourth-order valence-electron chi connectivity index (χ4n) is 2.11. The second-order valence-electron chi connectivity index (χ2n) is 4.76. The first-order valence-corrected chi connectivity index (χ1v) is 8.15. The lowest BCUT2D eigenvalue weighted by Gasteiger charge is -2.13. The summed E-state index contributed by atoms with van der Waals surface area (Å²) in [6.45, 7) is 0. The third kappa shape index (κ3) is 4.11. The molecule has 1 atom stereocenters. The van der Waals surface area contributed by atoms with Crippen LogP contribution in [0.25, 0.3) is 0 Å². The maximum absolute atomic E-state index is 13.8. The SMILES string of the molecule is NC(CCCc1cccs1)Cc1c(F)ccc(Br)c1F. The van der Waals surface area contributed by atoms with Gasteiger partial charge in [-0.1, -0.05) is 6.07 Å². The predicted molar refractivity (Wildman–Crippen MR) is 83.0 cm³/mol. The van der Waals surface area contributed by atoms with Gasteiger partial charge < -0.3 is 5.73 Å². The van der Waals surface area contributed by atoms with Gasteiger partial charge in [0.25, 0.3) is 0 Å². The van der Waals surface area contributed by atoms with Gasteiger partial charge in [0, 0.05) is 16.5 Å². The summed E-state index contributed by atoms with van der Waals surface area (Å²) in [5.74, 6) is -1.07. The molecule has 2 N–H and O–H groups in total. The van der Waals surface area contributed by atoms with E-state index in [2.05, 4.69) is 22.0 Å². The molecule has 0 spiro atoms. The standard InChI is InChI=1S/C15H16BrF2NS/c16-13-6-7-14(17)12(15(13)18)9-10(19)3-1-4-11-5-2-8-20-11/h2,5-8,10H,1,3-4,9,19H2. The Morgan fingerprint density at radius 3 is 2.75 bits per heavy atom. The molecule has 0 aliphatic heterocycles. The Hall–Kier alpha value is -0.780. The van der Waals surface area contributed by atoms with Crippen molar-refractivity contribution in [3.63, 3.8) is 0 Å². The molecule has 0 aliphatic rings. The van der Waals surface area contributed by atoms with E-state index in [-0.39, 0.29) is 22.5 Å². The molecule has 0 amide bonds. The zero-order chi connectivity index (χ0) is 14.5. The first-order valence-electron chi connectivity index (χ1n) is 6.48. The van der Waals surface area contributed by atoms with Crippen LogP contribution in [0.3, 0.4) is 0 Å². The zero-order valence-electron chi connectivity index (χ0n) is 10.9. The monoisotopic (exact) mass is 359 g/mol. The van der Waals surface area contributed by atoms with E-state index in [4.69, 9.17) is 5.73 Å². The lowest BCUT2D eigenvalue weighted by atomic mass is 10.0. The maximum Gasteiger partial charge on any atom is 0.143 e. The van der Waals surface area contributed by atoms with Crippen molar-refractivity contribution in [1.29, 1.82) is 0 Å². The summed E-state index contributed by atoms with van der Waals surface area (Å²) in [6, 6.07) is 6.51. The molecule has 1 heterocycles. The Morgan fingerprint density at radius 2 is 2.05 bits per heavy atom. The van der Waals surface area contributed by atoms with E-state index in [1.54, 1.807) is 11.3 Å². The second-order valence-corrected chi connectivity index (χ2v) is 6.64. The number of thiophene rings is 1. The van der Waals surface area contributed by atoms with Crippen molar-refractivity contribution in [1.82, 2.24) is 0 Å². The number of rotatable bonds is 6. The van der Waals surface area contributed by atoms with Crippen LogP contribution in [-0.2, 0) is 12.8 Å². The van der Waals surface area contributed by atoms with Gasteiger partial charge in [0.1, 0.15) is 11.6 Å². The molecule has 1 aromatic heterocycles. The lowest BCUT2D eigenvalue weighted by molar-refractivity contribution is 0.514. The van der Waals surface area contributed by atoms with E-state index in [0.29, 0.717) is 0 Å². The predicted octanol–water partition coefficient (Wildman–Crippen LogP) is 4.68. The van der Waals surface area contributed by atoms with Gasteiger partial charge in [-0.05, 0) is 65.2 Å². The summed E-state index contributed by atoms with van der Waals surface area (Å²) in [5, 5.41) is 2.04. The summed E-state index contributed by atoms with van der Waals surface area (Å²) in [5.41, 5.74) is 6.06. The molecule has 2 rings (SSSR count). The highest BCUT2D eigenvalue weighted by Crippen LogP contribution is 2.23.